The lowest BCUT2D eigenvalue weighted by Gasteiger charge is -2.22. The molecule has 5 heteroatoms. The summed E-state index contributed by atoms with van der Waals surface area (Å²) >= 11 is 0. The molecule has 3 rings (SSSR count). The first-order valence-corrected chi connectivity index (χ1v) is 7.39. The number of fused-ring (bicyclic) bond motifs is 1. The molecule has 0 saturated carbocycles. The number of rotatable bonds is 2. The van der Waals surface area contributed by atoms with Crippen LogP contribution in [-0.2, 0) is 23.3 Å². The molecule has 0 amide bonds. The summed E-state index contributed by atoms with van der Waals surface area (Å²) in [6, 6.07) is 7.94. The van der Waals surface area contributed by atoms with Crippen molar-refractivity contribution in [1.29, 1.82) is 0 Å². The van der Waals surface area contributed by atoms with Gasteiger partial charge in [-0.1, -0.05) is 24.3 Å². The Morgan fingerprint density at radius 2 is 1.41 bits per heavy atom. The molecule has 0 spiro atoms. The van der Waals surface area contributed by atoms with Crippen LogP contribution in [0.3, 0.4) is 0 Å². The molecule has 0 aliphatic carbocycles. The van der Waals surface area contributed by atoms with E-state index >= 15 is 0 Å². The highest BCUT2D eigenvalue weighted by atomic mass is 32.2. The van der Waals surface area contributed by atoms with Gasteiger partial charge in [-0.25, -0.2) is 0 Å². The Morgan fingerprint density at radius 3 is 1.94 bits per heavy atom. The van der Waals surface area contributed by atoms with Crippen molar-refractivity contribution in [2.75, 3.05) is 13.1 Å². The Balaban J connectivity index is 1.84. The summed E-state index contributed by atoms with van der Waals surface area (Å²) in [5.74, 6) is 0. The predicted octanol–water partition coefficient (Wildman–Crippen LogP) is 1.34. The van der Waals surface area contributed by atoms with Crippen LogP contribution in [0.4, 0.5) is 0 Å². The number of hydrogen-bond donors (Lipinski definition) is 0. The van der Waals surface area contributed by atoms with E-state index in [9.17, 15) is 8.42 Å². The van der Waals surface area contributed by atoms with E-state index in [1.54, 1.807) is 8.61 Å². The largest absolute Gasteiger partial charge is 0.282 e. The second kappa shape index (κ2) is 4.08. The molecular formula is C12H16N2O2S. The molecule has 2 aliphatic heterocycles. The summed E-state index contributed by atoms with van der Waals surface area (Å²) in [6.07, 6.45) is 1.97. The smallest absolute Gasteiger partial charge is 0.195 e. The van der Waals surface area contributed by atoms with E-state index in [4.69, 9.17) is 0 Å². The van der Waals surface area contributed by atoms with Crippen molar-refractivity contribution < 1.29 is 8.42 Å². The molecule has 17 heavy (non-hydrogen) atoms. The van der Waals surface area contributed by atoms with Crippen LogP contribution in [0.25, 0.3) is 0 Å². The number of hydrogen-bond acceptors (Lipinski definition) is 2. The third-order valence-corrected chi connectivity index (χ3v) is 5.46. The molecule has 2 aliphatic rings. The Bertz CT molecular complexity index is 496. The van der Waals surface area contributed by atoms with Crippen molar-refractivity contribution in [2.24, 2.45) is 0 Å². The zero-order valence-electron chi connectivity index (χ0n) is 9.67. The lowest BCUT2D eigenvalue weighted by molar-refractivity contribution is 0.369. The zero-order chi connectivity index (χ0) is 11.9. The van der Waals surface area contributed by atoms with Gasteiger partial charge in [0.25, 0.3) is 10.2 Å². The van der Waals surface area contributed by atoms with Crippen molar-refractivity contribution in [3.63, 3.8) is 0 Å². The summed E-state index contributed by atoms with van der Waals surface area (Å²) in [7, 11) is -3.24. The first-order valence-electron chi connectivity index (χ1n) is 6.00. The molecule has 4 nitrogen and oxygen atoms in total. The van der Waals surface area contributed by atoms with E-state index in [0.29, 0.717) is 26.2 Å². The number of benzene rings is 1. The highest BCUT2D eigenvalue weighted by molar-refractivity contribution is 7.86. The Kier molecular flexibility index (Phi) is 2.69. The van der Waals surface area contributed by atoms with Crippen LogP contribution in [0.5, 0.6) is 0 Å². The van der Waals surface area contributed by atoms with E-state index in [1.165, 1.54) is 0 Å². The summed E-state index contributed by atoms with van der Waals surface area (Å²) in [5.41, 5.74) is 2.27. The molecule has 0 radical (unpaired) electrons. The van der Waals surface area contributed by atoms with Gasteiger partial charge >= 0.3 is 0 Å². The summed E-state index contributed by atoms with van der Waals surface area (Å²) < 4.78 is 27.9. The fourth-order valence-corrected chi connectivity index (χ4v) is 4.20. The fourth-order valence-electron chi connectivity index (χ4n) is 2.55. The molecule has 0 unspecified atom stereocenters. The van der Waals surface area contributed by atoms with Crippen LogP contribution >= 0.6 is 0 Å². The highest BCUT2D eigenvalue weighted by Crippen LogP contribution is 2.27. The van der Waals surface area contributed by atoms with Crippen LogP contribution in [0, 0.1) is 0 Å². The van der Waals surface area contributed by atoms with Gasteiger partial charge < -0.3 is 0 Å². The second-order valence-corrected chi connectivity index (χ2v) is 6.58. The summed E-state index contributed by atoms with van der Waals surface area (Å²) in [4.78, 5) is 0. The Labute approximate surface area is 102 Å². The first-order chi connectivity index (χ1) is 8.18. The molecule has 1 aromatic rings. The van der Waals surface area contributed by atoms with Gasteiger partial charge in [-0.2, -0.15) is 17.0 Å². The average molecular weight is 252 g/mol. The average Bonchev–Trinajstić information content (AvgIpc) is 2.98. The van der Waals surface area contributed by atoms with Gasteiger partial charge in [-0.15, -0.1) is 0 Å². The lowest BCUT2D eigenvalue weighted by Crippen LogP contribution is -2.39. The second-order valence-electron chi connectivity index (χ2n) is 4.65. The Hall–Kier alpha value is -0.910. The minimum absolute atomic E-state index is 0.523. The standard InChI is InChI=1S/C12H16N2O2S/c15-17(16,13-7-3-4-8-13)14-9-11-5-1-2-6-12(11)10-14/h1-2,5-6H,3-4,7-10H2. The van der Waals surface area contributed by atoms with Crippen molar-refractivity contribution in [3.8, 4) is 0 Å². The van der Waals surface area contributed by atoms with E-state index in [0.717, 1.165) is 24.0 Å². The maximum atomic E-state index is 12.4. The molecule has 2 heterocycles. The molecule has 1 fully saturated rings. The van der Waals surface area contributed by atoms with Crippen molar-refractivity contribution >= 4 is 10.2 Å². The van der Waals surface area contributed by atoms with Crippen molar-refractivity contribution in [2.45, 2.75) is 25.9 Å². The summed E-state index contributed by atoms with van der Waals surface area (Å²) in [6.45, 7) is 2.40. The normalized spacial score (nSPS) is 21.9. The van der Waals surface area contributed by atoms with Crippen LogP contribution < -0.4 is 0 Å². The Morgan fingerprint density at radius 1 is 0.882 bits per heavy atom. The van der Waals surface area contributed by atoms with Crippen LogP contribution in [0.1, 0.15) is 24.0 Å². The maximum absolute atomic E-state index is 12.4. The molecule has 0 N–H and O–H groups in total. The number of nitrogens with zero attached hydrogens (tertiary/aromatic N) is 2. The van der Waals surface area contributed by atoms with Gasteiger partial charge in [-0.05, 0) is 24.0 Å². The minimum Gasteiger partial charge on any atom is -0.195 e. The van der Waals surface area contributed by atoms with E-state index < -0.39 is 10.2 Å². The SMILES string of the molecule is O=S(=O)(N1CCCC1)N1Cc2ccccc2C1. The van der Waals surface area contributed by atoms with E-state index in [2.05, 4.69) is 0 Å². The molecule has 0 atom stereocenters. The summed E-state index contributed by atoms with van der Waals surface area (Å²) in [5, 5.41) is 0. The zero-order valence-corrected chi connectivity index (χ0v) is 10.5. The van der Waals surface area contributed by atoms with Crippen LogP contribution in [0.2, 0.25) is 0 Å². The van der Waals surface area contributed by atoms with Crippen LogP contribution in [0.15, 0.2) is 24.3 Å². The van der Waals surface area contributed by atoms with Crippen molar-refractivity contribution in [1.82, 2.24) is 8.61 Å². The molecular weight excluding hydrogens is 236 g/mol. The lowest BCUT2D eigenvalue weighted by atomic mass is 10.1. The van der Waals surface area contributed by atoms with Gasteiger partial charge in [0.1, 0.15) is 0 Å². The van der Waals surface area contributed by atoms with E-state index in [1.807, 2.05) is 24.3 Å². The van der Waals surface area contributed by atoms with Gasteiger partial charge in [-0.3, -0.25) is 0 Å². The highest BCUT2D eigenvalue weighted by Gasteiger charge is 2.34. The third kappa shape index (κ3) is 1.88. The molecule has 0 bridgehead atoms. The first kappa shape index (κ1) is 11.2. The monoisotopic (exact) mass is 252 g/mol. The molecule has 92 valence electrons. The van der Waals surface area contributed by atoms with Gasteiger partial charge in [0.2, 0.25) is 0 Å². The molecule has 0 aromatic heterocycles. The van der Waals surface area contributed by atoms with Gasteiger partial charge in [0.15, 0.2) is 0 Å². The van der Waals surface area contributed by atoms with Crippen molar-refractivity contribution in [3.05, 3.63) is 35.4 Å². The van der Waals surface area contributed by atoms with Gasteiger partial charge in [0, 0.05) is 26.2 Å². The predicted molar refractivity (Wildman–Crippen MR) is 65.4 cm³/mol. The molecule has 1 saturated heterocycles. The minimum atomic E-state index is -3.24. The van der Waals surface area contributed by atoms with Gasteiger partial charge in [0.05, 0.1) is 0 Å². The third-order valence-electron chi connectivity index (χ3n) is 3.53. The van der Waals surface area contributed by atoms with Crippen LogP contribution in [-0.4, -0.2) is 30.1 Å². The molecule has 1 aromatic carbocycles. The fraction of sp³-hybridized carbons (Fsp3) is 0.500. The van der Waals surface area contributed by atoms with E-state index in [-0.39, 0.29) is 0 Å². The maximum Gasteiger partial charge on any atom is 0.282 e. The quantitative estimate of drug-likeness (QED) is 0.797. The topological polar surface area (TPSA) is 40.6 Å².